The van der Waals surface area contributed by atoms with Crippen LogP contribution in [0.2, 0.25) is 0 Å². The van der Waals surface area contributed by atoms with Crippen LogP contribution in [0, 0.1) is 0 Å². The van der Waals surface area contributed by atoms with Gasteiger partial charge in [0.15, 0.2) is 0 Å². The van der Waals surface area contributed by atoms with Gasteiger partial charge < -0.3 is 5.32 Å². The molecule has 0 saturated carbocycles. The Labute approximate surface area is 121 Å². The normalized spacial score (nSPS) is 10.8. The maximum atomic E-state index is 3.51. The van der Waals surface area contributed by atoms with Gasteiger partial charge in [-0.15, -0.1) is 23.1 Å². The predicted octanol–water partition coefficient (Wildman–Crippen LogP) is 5.24. The first-order valence-corrected chi connectivity index (χ1v) is 8.30. The van der Waals surface area contributed by atoms with E-state index in [2.05, 4.69) is 65.5 Å². The summed E-state index contributed by atoms with van der Waals surface area (Å²) in [6, 6.07) is 17.1. The van der Waals surface area contributed by atoms with Crippen LogP contribution in [-0.4, -0.2) is 6.26 Å². The molecular weight excluding hydrogens is 270 g/mol. The van der Waals surface area contributed by atoms with E-state index in [1.807, 2.05) is 11.3 Å². The fraction of sp³-hybridized carbons (Fsp3) is 0.125. The van der Waals surface area contributed by atoms with E-state index in [1.54, 1.807) is 11.8 Å². The molecule has 0 radical (unpaired) electrons. The number of hydrogen-bond acceptors (Lipinski definition) is 3. The second kappa shape index (κ2) is 5.68. The smallest absolute Gasteiger partial charge is 0.0415 e. The highest BCUT2D eigenvalue weighted by molar-refractivity contribution is 7.98. The van der Waals surface area contributed by atoms with Crippen molar-refractivity contribution in [2.24, 2.45) is 0 Å². The zero-order valence-corrected chi connectivity index (χ0v) is 12.4. The molecule has 0 atom stereocenters. The molecule has 2 aromatic carbocycles. The van der Waals surface area contributed by atoms with Gasteiger partial charge in [0.05, 0.1) is 0 Å². The van der Waals surface area contributed by atoms with Gasteiger partial charge in [-0.05, 0) is 46.9 Å². The Bertz CT molecular complexity index is 688. The van der Waals surface area contributed by atoms with Gasteiger partial charge in [-0.2, -0.15) is 0 Å². The van der Waals surface area contributed by atoms with Crippen molar-refractivity contribution >= 4 is 38.9 Å². The number of thiophene rings is 1. The molecule has 0 unspecified atom stereocenters. The summed E-state index contributed by atoms with van der Waals surface area (Å²) in [5, 5.41) is 7.12. The van der Waals surface area contributed by atoms with Crippen molar-refractivity contribution in [3.63, 3.8) is 0 Å². The number of benzene rings is 2. The highest BCUT2D eigenvalue weighted by Crippen LogP contribution is 2.26. The molecule has 0 fully saturated rings. The summed E-state index contributed by atoms with van der Waals surface area (Å²) in [7, 11) is 0. The molecule has 0 saturated heterocycles. The Kier molecular flexibility index (Phi) is 3.76. The topological polar surface area (TPSA) is 12.0 Å². The van der Waals surface area contributed by atoms with E-state index in [-0.39, 0.29) is 0 Å². The van der Waals surface area contributed by atoms with E-state index in [4.69, 9.17) is 0 Å². The van der Waals surface area contributed by atoms with E-state index < -0.39 is 0 Å². The van der Waals surface area contributed by atoms with Crippen LogP contribution < -0.4 is 5.32 Å². The Morgan fingerprint density at radius 3 is 2.89 bits per heavy atom. The van der Waals surface area contributed by atoms with Gasteiger partial charge in [-0.25, -0.2) is 0 Å². The molecule has 3 heteroatoms. The summed E-state index contributed by atoms with van der Waals surface area (Å²) in [5.41, 5.74) is 2.55. The van der Waals surface area contributed by atoms with E-state index in [9.17, 15) is 0 Å². The van der Waals surface area contributed by atoms with Gasteiger partial charge >= 0.3 is 0 Å². The summed E-state index contributed by atoms with van der Waals surface area (Å²) < 4.78 is 1.36. The Morgan fingerprint density at radius 2 is 2.00 bits per heavy atom. The van der Waals surface area contributed by atoms with Gasteiger partial charge in [-0.3, -0.25) is 0 Å². The molecule has 0 aliphatic rings. The average Bonchev–Trinajstić information content (AvgIpc) is 2.89. The number of thioether (sulfide) groups is 1. The van der Waals surface area contributed by atoms with Crippen molar-refractivity contribution in [2.75, 3.05) is 11.6 Å². The van der Waals surface area contributed by atoms with Gasteiger partial charge in [0.1, 0.15) is 0 Å². The molecule has 1 aromatic heterocycles. The molecule has 1 N–H and O–H groups in total. The second-order valence-electron chi connectivity index (χ2n) is 4.34. The molecule has 96 valence electrons. The van der Waals surface area contributed by atoms with E-state index >= 15 is 0 Å². The zero-order valence-electron chi connectivity index (χ0n) is 10.7. The molecule has 0 bridgehead atoms. The summed E-state index contributed by atoms with van der Waals surface area (Å²) in [6.45, 7) is 0.877. The fourth-order valence-electron chi connectivity index (χ4n) is 2.10. The highest BCUT2D eigenvalue weighted by Gasteiger charge is 2.03. The zero-order chi connectivity index (χ0) is 13.1. The standard InChI is InChI=1S/C16H15NS2/c1-18-14-6-4-5-13(9-14)17-10-12-11-19-16-8-3-2-7-15(12)16/h2-9,11,17H,10H2,1H3. The van der Waals surface area contributed by atoms with Crippen molar-refractivity contribution in [3.05, 3.63) is 59.5 Å². The van der Waals surface area contributed by atoms with Gasteiger partial charge in [0.2, 0.25) is 0 Å². The minimum absolute atomic E-state index is 0.877. The first kappa shape index (κ1) is 12.6. The minimum Gasteiger partial charge on any atom is -0.381 e. The average molecular weight is 285 g/mol. The SMILES string of the molecule is CSc1cccc(NCc2csc3ccccc23)c1. The number of anilines is 1. The molecular formula is C16H15NS2. The molecule has 3 aromatic rings. The third-order valence-corrected chi connectivity index (χ3v) is 4.85. The van der Waals surface area contributed by atoms with Crippen LogP contribution in [0.3, 0.4) is 0 Å². The monoisotopic (exact) mass is 285 g/mol. The third-order valence-electron chi connectivity index (χ3n) is 3.11. The van der Waals surface area contributed by atoms with Crippen molar-refractivity contribution in [2.45, 2.75) is 11.4 Å². The van der Waals surface area contributed by atoms with Gasteiger partial charge in [-0.1, -0.05) is 24.3 Å². The number of rotatable bonds is 4. The molecule has 3 rings (SSSR count). The number of fused-ring (bicyclic) bond motifs is 1. The third kappa shape index (κ3) is 2.77. The molecule has 19 heavy (non-hydrogen) atoms. The lowest BCUT2D eigenvalue weighted by atomic mass is 10.2. The Balaban J connectivity index is 1.78. The van der Waals surface area contributed by atoms with Crippen LogP contribution >= 0.6 is 23.1 Å². The Morgan fingerprint density at radius 1 is 1.11 bits per heavy atom. The number of nitrogens with one attached hydrogen (secondary N) is 1. The molecule has 1 nitrogen and oxygen atoms in total. The van der Waals surface area contributed by atoms with E-state index in [0.717, 1.165) is 6.54 Å². The lowest BCUT2D eigenvalue weighted by Gasteiger charge is -2.07. The Hall–Kier alpha value is -1.45. The van der Waals surface area contributed by atoms with Crippen LogP contribution in [-0.2, 0) is 6.54 Å². The van der Waals surface area contributed by atoms with E-state index in [1.165, 1.54) is 26.2 Å². The molecule has 0 amide bonds. The maximum absolute atomic E-state index is 3.51. The summed E-state index contributed by atoms with van der Waals surface area (Å²) in [6.07, 6.45) is 2.10. The van der Waals surface area contributed by atoms with Crippen LogP contribution in [0.1, 0.15) is 5.56 Å². The van der Waals surface area contributed by atoms with Crippen LogP contribution in [0.4, 0.5) is 5.69 Å². The van der Waals surface area contributed by atoms with Crippen LogP contribution in [0.25, 0.3) is 10.1 Å². The van der Waals surface area contributed by atoms with Crippen molar-refractivity contribution in [1.82, 2.24) is 0 Å². The largest absolute Gasteiger partial charge is 0.381 e. The fourth-order valence-corrected chi connectivity index (χ4v) is 3.52. The van der Waals surface area contributed by atoms with Gasteiger partial charge in [0, 0.05) is 21.8 Å². The quantitative estimate of drug-likeness (QED) is 0.658. The van der Waals surface area contributed by atoms with Crippen LogP contribution in [0.5, 0.6) is 0 Å². The summed E-state index contributed by atoms with van der Waals surface area (Å²) in [5.74, 6) is 0. The lowest BCUT2D eigenvalue weighted by molar-refractivity contribution is 1.17. The molecule has 0 aliphatic heterocycles. The molecule has 0 aliphatic carbocycles. The maximum Gasteiger partial charge on any atom is 0.0415 e. The van der Waals surface area contributed by atoms with Crippen molar-refractivity contribution < 1.29 is 0 Å². The van der Waals surface area contributed by atoms with E-state index in [0.29, 0.717) is 0 Å². The highest BCUT2D eigenvalue weighted by atomic mass is 32.2. The molecule has 0 spiro atoms. The van der Waals surface area contributed by atoms with Crippen LogP contribution in [0.15, 0.2) is 58.8 Å². The predicted molar refractivity (Wildman–Crippen MR) is 87.4 cm³/mol. The first-order chi connectivity index (χ1) is 9.36. The lowest BCUT2D eigenvalue weighted by Crippen LogP contribution is -1.98. The second-order valence-corrected chi connectivity index (χ2v) is 6.13. The molecule has 1 heterocycles. The van der Waals surface area contributed by atoms with Gasteiger partial charge in [0.25, 0.3) is 0 Å². The van der Waals surface area contributed by atoms with Crippen molar-refractivity contribution in [1.29, 1.82) is 0 Å². The summed E-state index contributed by atoms with van der Waals surface area (Å²) >= 11 is 3.58. The minimum atomic E-state index is 0.877. The van der Waals surface area contributed by atoms with Crippen molar-refractivity contribution in [3.8, 4) is 0 Å². The number of hydrogen-bond donors (Lipinski definition) is 1. The summed E-state index contributed by atoms with van der Waals surface area (Å²) in [4.78, 5) is 1.29. The first-order valence-electron chi connectivity index (χ1n) is 6.20.